The Morgan fingerprint density at radius 3 is 2.68 bits per heavy atom. The zero-order chi connectivity index (χ0) is 17.6. The highest BCUT2D eigenvalue weighted by Crippen LogP contribution is 2.42. The normalized spacial score (nSPS) is 16.8. The van der Waals surface area contributed by atoms with Gasteiger partial charge in [-0.2, -0.15) is 10.2 Å². The Morgan fingerprint density at radius 2 is 1.96 bits per heavy atom. The van der Waals surface area contributed by atoms with Gasteiger partial charge in [0.1, 0.15) is 5.82 Å². The zero-order valence-electron chi connectivity index (χ0n) is 13.9. The number of benzene rings is 1. The third-order valence-corrected chi connectivity index (χ3v) is 4.58. The van der Waals surface area contributed by atoms with Crippen molar-refractivity contribution in [3.8, 4) is 11.3 Å². The first kappa shape index (κ1) is 15.6. The lowest BCUT2D eigenvalue weighted by Gasteiger charge is -2.24. The number of carbonyl (C=O) groups excluding carboxylic acids is 1. The molecular formula is C18H18FN5O. The predicted molar refractivity (Wildman–Crippen MR) is 91.7 cm³/mol. The smallest absolute Gasteiger partial charge is 0.226 e. The van der Waals surface area contributed by atoms with Crippen molar-refractivity contribution < 1.29 is 9.18 Å². The fraction of sp³-hybridized carbons (Fsp3) is 0.278. The fourth-order valence-corrected chi connectivity index (χ4v) is 3.40. The standard InChI is InChI=1S/C18H18FN5O/c1-9(2)16-15-12(7-14(25)21-18(15)24-23-16)13-8-20-22-17(13)10-3-5-11(19)6-4-10/h3-6,8-9,12H,7H2,1-2H3,(H,20,22)(H2,21,23,24,25). The molecule has 6 nitrogen and oxygen atoms in total. The largest absolute Gasteiger partial charge is 0.309 e. The maximum atomic E-state index is 13.2. The molecule has 25 heavy (non-hydrogen) atoms. The molecule has 7 heteroatoms. The number of hydrogen-bond acceptors (Lipinski definition) is 3. The third kappa shape index (κ3) is 2.61. The molecule has 1 unspecified atom stereocenters. The molecule has 1 aromatic carbocycles. The summed E-state index contributed by atoms with van der Waals surface area (Å²) >= 11 is 0. The highest BCUT2D eigenvalue weighted by atomic mass is 19.1. The van der Waals surface area contributed by atoms with Gasteiger partial charge in [-0.25, -0.2) is 4.39 Å². The van der Waals surface area contributed by atoms with Crippen LogP contribution in [0.5, 0.6) is 0 Å². The van der Waals surface area contributed by atoms with Crippen molar-refractivity contribution in [2.75, 3.05) is 5.32 Å². The van der Waals surface area contributed by atoms with Gasteiger partial charge in [-0.05, 0) is 30.2 Å². The van der Waals surface area contributed by atoms with Crippen LogP contribution in [0.1, 0.15) is 48.9 Å². The molecule has 128 valence electrons. The average molecular weight is 339 g/mol. The number of nitrogens with zero attached hydrogens (tertiary/aromatic N) is 2. The van der Waals surface area contributed by atoms with Crippen molar-refractivity contribution in [1.29, 1.82) is 0 Å². The maximum absolute atomic E-state index is 13.2. The number of hydrogen-bond donors (Lipinski definition) is 3. The molecule has 0 saturated carbocycles. The number of halogens is 1. The number of aromatic amines is 2. The second-order valence-electron chi connectivity index (χ2n) is 6.57. The van der Waals surface area contributed by atoms with Gasteiger partial charge in [-0.15, -0.1) is 0 Å². The van der Waals surface area contributed by atoms with Crippen LogP contribution < -0.4 is 5.32 Å². The van der Waals surface area contributed by atoms with E-state index in [-0.39, 0.29) is 23.6 Å². The van der Waals surface area contributed by atoms with Gasteiger partial charge < -0.3 is 5.32 Å². The summed E-state index contributed by atoms with van der Waals surface area (Å²) in [6.45, 7) is 4.16. The lowest BCUT2D eigenvalue weighted by molar-refractivity contribution is -0.116. The van der Waals surface area contributed by atoms with Gasteiger partial charge >= 0.3 is 0 Å². The average Bonchev–Trinajstić information content (AvgIpc) is 3.21. The zero-order valence-corrected chi connectivity index (χ0v) is 13.9. The number of anilines is 1. The summed E-state index contributed by atoms with van der Waals surface area (Å²) in [5.41, 5.74) is 4.54. The van der Waals surface area contributed by atoms with E-state index in [2.05, 4.69) is 39.6 Å². The maximum Gasteiger partial charge on any atom is 0.226 e. The molecule has 1 aliphatic rings. The van der Waals surface area contributed by atoms with Gasteiger partial charge in [0, 0.05) is 34.7 Å². The number of rotatable bonds is 3. The monoisotopic (exact) mass is 339 g/mol. The molecule has 0 fully saturated rings. The Kier molecular flexibility index (Phi) is 3.63. The van der Waals surface area contributed by atoms with E-state index in [1.165, 1.54) is 12.1 Å². The fourth-order valence-electron chi connectivity index (χ4n) is 3.40. The van der Waals surface area contributed by atoms with E-state index in [0.29, 0.717) is 12.2 Å². The van der Waals surface area contributed by atoms with Gasteiger partial charge in [0.15, 0.2) is 5.82 Å². The minimum absolute atomic E-state index is 0.0782. The van der Waals surface area contributed by atoms with E-state index in [1.807, 2.05) is 0 Å². The minimum Gasteiger partial charge on any atom is -0.309 e. The van der Waals surface area contributed by atoms with Crippen molar-refractivity contribution in [2.45, 2.75) is 32.1 Å². The van der Waals surface area contributed by atoms with Crippen molar-refractivity contribution >= 4 is 11.7 Å². The van der Waals surface area contributed by atoms with Gasteiger partial charge in [0.25, 0.3) is 0 Å². The van der Waals surface area contributed by atoms with Gasteiger partial charge in [-0.3, -0.25) is 15.0 Å². The topological polar surface area (TPSA) is 86.5 Å². The third-order valence-electron chi connectivity index (χ3n) is 4.58. The van der Waals surface area contributed by atoms with E-state index < -0.39 is 0 Å². The number of amides is 1. The van der Waals surface area contributed by atoms with E-state index >= 15 is 0 Å². The molecule has 3 aromatic rings. The highest BCUT2D eigenvalue weighted by Gasteiger charge is 2.34. The molecule has 0 aliphatic carbocycles. The molecular weight excluding hydrogens is 321 g/mol. The minimum atomic E-state index is -0.291. The molecule has 0 saturated heterocycles. The summed E-state index contributed by atoms with van der Waals surface area (Å²) in [5.74, 6) is 0.302. The molecule has 1 atom stereocenters. The van der Waals surface area contributed by atoms with Crippen LogP contribution in [0.25, 0.3) is 11.3 Å². The Hall–Kier alpha value is -2.96. The lowest BCUT2D eigenvalue weighted by atomic mass is 9.83. The first-order valence-electron chi connectivity index (χ1n) is 8.21. The van der Waals surface area contributed by atoms with E-state index in [4.69, 9.17) is 0 Å². The number of carbonyl (C=O) groups is 1. The van der Waals surface area contributed by atoms with Crippen LogP contribution in [0.4, 0.5) is 10.2 Å². The van der Waals surface area contributed by atoms with E-state index in [1.54, 1.807) is 18.3 Å². The van der Waals surface area contributed by atoms with E-state index in [9.17, 15) is 9.18 Å². The van der Waals surface area contributed by atoms with Crippen molar-refractivity contribution in [1.82, 2.24) is 20.4 Å². The van der Waals surface area contributed by atoms with Gasteiger partial charge in [0.2, 0.25) is 5.91 Å². The number of H-pyrrole nitrogens is 2. The summed E-state index contributed by atoms with van der Waals surface area (Å²) in [4.78, 5) is 12.2. The quantitative estimate of drug-likeness (QED) is 0.682. The van der Waals surface area contributed by atoms with Crippen molar-refractivity contribution in [3.63, 3.8) is 0 Å². The molecule has 3 N–H and O–H groups in total. The molecule has 0 bridgehead atoms. The first-order valence-corrected chi connectivity index (χ1v) is 8.21. The molecule has 4 rings (SSSR count). The first-order chi connectivity index (χ1) is 12.0. The van der Waals surface area contributed by atoms with E-state index in [0.717, 1.165) is 28.1 Å². The molecule has 2 aromatic heterocycles. The summed E-state index contributed by atoms with van der Waals surface area (Å²) in [6.07, 6.45) is 2.06. The Labute approximate surface area is 143 Å². The van der Waals surface area contributed by atoms with Crippen molar-refractivity contribution in [2.24, 2.45) is 0 Å². The van der Waals surface area contributed by atoms with Crippen LogP contribution in [0, 0.1) is 5.82 Å². The van der Waals surface area contributed by atoms with Gasteiger partial charge in [-0.1, -0.05) is 13.8 Å². The van der Waals surface area contributed by atoms with Crippen LogP contribution in [0.15, 0.2) is 30.5 Å². The number of aromatic nitrogens is 4. The number of nitrogens with one attached hydrogen (secondary N) is 3. The molecule has 0 spiro atoms. The highest BCUT2D eigenvalue weighted by molar-refractivity contribution is 5.94. The predicted octanol–water partition coefficient (Wildman–Crippen LogP) is 3.54. The van der Waals surface area contributed by atoms with Crippen LogP contribution >= 0.6 is 0 Å². The van der Waals surface area contributed by atoms with Crippen LogP contribution in [-0.4, -0.2) is 26.3 Å². The SMILES string of the molecule is CC(C)c1[nH]nc2c1C(c1cn[nH]c1-c1ccc(F)cc1)CC(=O)N2. The van der Waals surface area contributed by atoms with Crippen LogP contribution in [0.2, 0.25) is 0 Å². The van der Waals surface area contributed by atoms with Gasteiger partial charge in [0.05, 0.1) is 11.9 Å². The Balaban J connectivity index is 1.84. The van der Waals surface area contributed by atoms with Crippen LogP contribution in [0.3, 0.4) is 0 Å². The number of fused-ring (bicyclic) bond motifs is 1. The summed E-state index contributed by atoms with van der Waals surface area (Å²) in [7, 11) is 0. The molecule has 1 aliphatic heterocycles. The van der Waals surface area contributed by atoms with Crippen LogP contribution in [-0.2, 0) is 4.79 Å². The lowest BCUT2D eigenvalue weighted by Crippen LogP contribution is -2.24. The summed E-state index contributed by atoms with van der Waals surface area (Å²) in [5, 5.41) is 17.3. The second-order valence-corrected chi connectivity index (χ2v) is 6.57. The summed E-state index contributed by atoms with van der Waals surface area (Å²) in [6, 6.07) is 6.23. The summed E-state index contributed by atoms with van der Waals surface area (Å²) < 4.78 is 13.2. The molecule has 1 amide bonds. The Bertz CT molecular complexity index is 925. The molecule has 0 radical (unpaired) electrons. The molecule has 3 heterocycles. The Morgan fingerprint density at radius 1 is 1.20 bits per heavy atom. The second kappa shape index (κ2) is 5.84. The van der Waals surface area contributed by atoms with Crippen molar-refractivity contribution in [3.05, 3.63) is 53.1 Å².